The van der Waals surface area contributed by atoms with E-state index >= 15 is 0 Å². The van der Waals surface area contributed by atoms with Crippen LogP contribution in [0.5, 0.6) is 0 Å². The van der Waals surface area contributed by atoms with Crippen molar-refractivity contribution in [3.8, 4) is 0 Å². The van der Waals surface area contributed by atoms with Gasteiger partial charge in [-0.1, -0.05) is 12.1 Å². The Morgan fingerprint density at radius 1 is 1.33 bits per heavy atom. The largest absolute Gasteiger partial charge is 0.396 e. The van der Waals surface area contributed by atoms with Gasteiger partial charge in [0.25, 0.3) is 0 Å². The number of rotatable bonds is 3. The number of nitrogens with two attached hydrogens (primary N) is 1. The summed E-state index contributed by atoms with van der Waals surface area (Å²) in [7, 11) is 0. The van der Waals surface area contributed by atoms with Gasteiger partial charge >= 0.3 is 0 Å². The number of halogens is 1. The van der Waals surface area contributed by atoms with E-state index in [0.717, 1.165) is 11.3 Å². The molecule has 0 aliphatic heterocycles. The van der Waals surface area contributed by atoms with E-state index in [0.29, 0.717) is 0 Å². The fourth-order valence-electron chi connectivity index (χ4n) is 1.16. The van der Waals surface area contributed by atoms with Gasteiger partial charge in [0.05, 0.1) is 9.90 Å². The third-order valence-corrected chi connectivity index (χ3v) is 4.14. The van der Waals surface area contributed by atoms with E-state index in [-0.39, 0.29) is 11.5 Å². The summed E-state index contributed by atoms with van der Waals surface area (Å²) < 4.78 is 14.4. The Morgan fingerprint density at radius 2 is 2.20 bits per heavy atom. The highest BCUT2D eigenvalue weighted by atomic mass is 32.2. The van der Waals surface area contributed by atoms with Crippen LogP contribution in [-0.4, -0.2) is 0 Å². The number of thioether (sulfide) groups is 1. The fourth-order valence-corrected chi connectivity index (χ4v) is 2.89. The standard InChI is InChI=1S/C11H10FNS2/c12-9-6-8(3-4-10(9)13)7-15-11-2-1-5-14-11/h1-6H,7,13H2. The third-order valence-electron chi connectivity index (χ3n) is 1.94. The molecule has 0 aliphatic rings. The Morgan fingerprint density at radius 3 is 2.87 bits per heavy atom. The lowest BCUT2D eigenvalue weighted by molar-refractivity contribution is 0.631. The molecule has 0 fully saturated rings. The van der Waals surface area contributed by atoms with Gasteiger partial charge in [-0.15, -0.1) is 23.1 Å². The zero-order valence-electron chi connectivity index (χ0n) is 7.94. The Bertz CT molecular complexity index is 440. The van der Waals surface area contributed by atoms with Crippen LogP contribution in [0.1, 0.15) is 5.56 Å². The molecule has 0 aliphatic carbocycles. The monoisotopic (exact) mass is 239 g/mol. The average Bonchev–Trinajstić information content (AvgIpc) is 2.73. The van der Waals surface area contributed by atoms with Gasteiger partial charge < -0.3 is 5.73 Å². The van der Waals surface area contributed by atoms with Crippen molar-refractivity contribution in [1.29, 1.82) is 0 Å². The van der Waals surface area contributed by atoms with Gasteiger partial charge in [0.2, 0.25) is 0 Å². The number of benzene rings is 1. The van der Waals surface area contributed by atoms with Crippen LogP contribution in [0.3, 0.4) is 0 Å². The van der Waals surface area contributed by atoms with Crippen molar-refractivity contribution in [3.63, 3.8) is 0 Å². The number of nitrogen functional groups attached to an aromatic ring is 1. The predicted molar refractivity (Wildman–Crippen MR) is 64.7 cm³/mol. The zero-order chi connectivity index (χ0) is 10.7. The molecular formula is C11H10FNS2. The Balaban J connectivity index is 2.02. The van der Waals surface area contributed by atoms with E-state index in [2.05, 4.69) is 6.07 Å². The maximum atomic E-state index is 13.1. The molecule has 0 saturated heterocycles. The SMILES string of the molecule is Nc1ccc(CSc2cccs2)cc1F. The van der Waals surface area contributed by atoms with Crippen molar-refractivity contribution in [2.45, 2.75) is 9.96 Å². The van der Waals surface area contributed by atoms with Gasteiger partial charge in [-0.25, -0.2) is 4.39 Å². The topological polar surface area (TPSA) is 26.0 Å². The molecule has 0 bridgehead atoms. The first-order chi connectivity index (χ1) is 7.25. The second-order valence-corrected chi connectivity index (χ2v) is 5.30. The highest BCUT2D eigenvalue weighted by Gasteiger charge is 2.01. The molecule has 0 spiro atoms. The van der Waals surface area contributed by atoms with Crippen LogP contribution in [0.2, 0.25) is 0 Å². The molecule has 4 heteroatoms. The van der Waals surface area contributed by atoms with Crippen LogP contribution in [0, 0.1) is 5.82 Å². The minimum absolute atomic E-state index is 0.208. The Kier molecular flexibility index (Phi) is 3.28. The first kappa shape index (κ1) is 10.5. The molecule has 2 rings (SSSR count). The number of thiophene rings is 1. The molecule has 15 heavy (non-hydrogen) atoms. The molecule has 1 aromatic carbocycles. The Labute approximate surface area is 96.1 Å². The van der Waals surface area contributed by atoms with Crippen LogP contribution in [0.25, 0.3) is 0 Å². The van der Waals surface area contributed by atoms with E-state index in [9.17, 15) is 4.39 Å². The third kappa shape index (κ3) is 2.73. The van der Waals surface area contributed by atoms with E-state index in [4.69, 9.17) is 5.73 Å². The van der Waals surface area contributed by atoms with Crippen molar-refractivity contribution < 1.29 is 4.39 Å². The van der Waals surface area contributed by atoms with Gasteiger partial charge in [-0.2, -0.15) is 0 Å². The summed E-state index contributed by atoms with van der Waals surface area (Å²) in [5.41, 5.74) is 6.57. The number of anilines is 1. The van der Waals surface area contributed by atoms with Gasteiger partial charge in [0.1, 0.15) is 5.82 Å². The minimum atomic E-state index is -0.334. The van der Waals surface area contributed by atoms with Gasteiger partial charge in [0, 0.05) is 5.75 Å². The van der Waals surface area contributed by atoms with Crippen LogP contribution in [0.15, 0.2) is 39.9 Å². The summed E-state index contributed by atoms with van der Waals surface area (Å²) in [6.45, 7) is 0. The minimum Gasteiger partial charge on any atom is -0.396 e. The normalized spacial score (nSPS) is 10.5. The average molecular weight is 239 g/mol. The second kappa shape index (κ2) is 4.68. The summed E-state index contributed by atoms with van der Waals surface area (Å²) in [5, 5.41) is 2.03. The molecule has 2 N–H and O–H groups in total. The predicted octanol–water partition coefficient (Wildman–Crippen LogP) is 3.76. The molecule has 0 saturated carbocycles. The second-order valence-electron chi connectivity index (χ2n) is 3.08. The molecule has 0 atom stereocenters. The molecule has 1 heterocycles. The van der Waals surface area contributed by atoms with E-state index in [1.807, 2.05) is 17.5 Å². The lowest BCUT2D eigenvalue weighted by Gasteiger charge is -2.01. The summed E-state index contributed by atoms with van der Waals surface area (Å²) in [4.78, 5) is 0. The van der Waals surface area contributed by atoms with E-state index < -0.39 is 0 Å². The Hall–Kier alpha value is -1.00. The molecule has 0 unspecified atom stereocenters. The molecule has 1 aromatic heterocycles. The lowest BCUT2D eigenvalue weighted by Crippen LogP contribution is -1.91. The summed E-state index contributed by atoms with van der Waals surface area (Å²) in [6, 6.07) is 9.04. The summed E-state index contributed by atoms with van der Waals surface area (Å²) in [6.07, 6.45) is 0. The van der Waals surface area contributed by atoms with Crippen LogP contribution < -0.4 is 5.73 Å². The van der Waals surface area contributed by atoms with Crippen molar-refractivity contribution in [3.05, 3.63) is 47.1 Å². The highest BCUT2D eigenvalue weighted by molar-refractivity contribution is 8.00. The van der Waals surface area contributed by atoms with Crippen molar-refractivity contribution >= 4 is 28.8 Å². The van der Waals surface area contributed by atoms with Crippen molar-refractivity contribution in [2.24, 2.45) is 0 Å². The molecule has 0 radical (unpaired) electrons. The van der Waals surface area contributed by atoms with Gasteiger partial charge in [0.15, 0.2) is 0 Å². The molecule has 1 nitrogen and oxygen atoms in total. The molecular weight excluding hydrogens is 229 g/mol. The smallest absolute Gasteiger partial charge is 0.146 e. The number of hydrogen-bond donors (Lipinski definition) is 1. The first-order valence-electron chi connectivity index (χ1n) is 4.46. The highest BCUT2D eigenvalue weighted by Crippen LogP contribution is 2.27. The quantitative estimate of drug-likeness (QED) is 0.652. The van der Waals surface area contributed by atoms with Crippen molar-refractivity contribution in [2.75, 3.05) is 5.73 Å². The molecule has 2 aromatic rings. The van der Waals surface area contributed by atoms with E-state index in [1.165, 1.54) is 10.3 Å². The van der Waals surface area contributed by atoms with Crippen LogP contribution in [-0.2, 0) is 5.75 Å². The number of hydrogen-bond acceptors (Lipinski definition) is 3. The zero-order valence-corrected chi connectivity index (χ0v) is 9.58. The first-order valence-corrected chi connectivity index (χ1v) is 6.32. The molecule has 0 amide bonds. The maximum absolute atomic E-state index is 13.1. The lowest BCUT2D eigenvalue weighted by atomic mass is 10.2. The summed E-state index contributed by atoms with van der Waals surface area (Å²) in [5.74, 6) is 0.442. The van der Waals surface area contributed by atoms with E-state index in [1.54, 1.807) is 29.2 Å². The van der Waals surface area contributed by atoms with Crippen LogP contribution in [0.4, 0.5) is 10.1 Å². The van der Waals surface area contributed by atoms with Crippen LogP contribution >= 0.6 is 23.1 Å². The van der Waals surface area contributed by atoms with Gasteiger partial charge in [-0.05, 0) is 29.1 Å². The van der Waals surface area contributed by atoms with Gasteiger partial charge in [-0.3, -0.25) is 0 Å². The summed E-state index contributed by atoms with van der Waals surface area (Å²) >= 11 is 3.40. The van der Waals surface area contributed by atoms with Crippen molar-refractivity contribution in [1.82, 2.24) is 0 Å². The maximum Gasteiger partial charge on any atom is 0.146 e. The molecule has 78 valence electrons. The fraction of sp³-hybridized carbons (Fsp3) is 0.0909.